The highest BCUT2D eigenvalue weighted by molar-refractivity contribution is 5.62. The summed E-state index contributed by atoms with van der Waals surface area (Å²) < 4.78 is 44.6. The first kappa shape index (κ1) is 16.7. The first-order valence-electron chi connectivity index (χ1n) is 8.40. The fraction of sp³-hybridized carbons (Fsp3) is 0.333. The predicted octanol–water partition coefficient (Wildman–Crippen LogP) is 4.30. The third-order valence-electron chi connectivity index (χ3n) is 4.49. The van der Waals surface area contributed by atoms with Crippen molar-refractivity contribution >= 4 is 11.5 Å². The third kappa shape index (κ3) is 3.31. The van der Waals surface area contributed by atoms with E-state index >= 15 is 0 Å². The number of pyridine rings is 2. The molecular weight excluding hydrogens is 345 g/mol. The number of anilines is 1. The molecule has 0 radical (unpaired) electrons. The van der Waals surface area contributed by atoms with Gasteiger partial charge in [0.25, 0.3) is 0 Å². The summed E-state index contributed by atoms with van der Waals surface area (Å²) in [6.45, 7) is -2.88. The highest BCUT2D eigenvalue weighted by Crippen LogP contribution is 2.27. The molecule has 3 aromatic heterocycles. The lowest BCUT2D eigenvalue weighted by atomic mass is 10.2. The second-order valence-corrected chi connectivity index (χ2v) is 6.22. The third-order valence-corrected chi connectivity index (χ3v) is 4.49. The minimum atomic E-state index is -2.88. The molecule has 1 saturated carbocycles. The average molecular weight is 362 g/mol. The topological polar surface area (TPSA) is 51.5 Å². The van der Waals surface area contributed by atoms with Gasteiger partial charge in [-0.05, 0) is 37.5 Å². The molecule has 1 aliphatic carbocycles. The van der Waals surface area contributed by atoms with Crippen molar-refractivity contribution in [3.63, 3.8) is 0 Å². The molecule has 1 fully saturated rings. The van der Waals surface area contributed by atoms with Crippen LogP contribution in [0.5, 0.6) is 5.75 Å². The summed E-state index contributed by atoms with van der Waals surface area (Å²) in [6, 6.07) is 8.11. The highest BCUT2D eigenvalue weighted by atomic mass is 19.3. The number of fused-ring (bicyclic) bond motifs is 1. The summed E-state index contributed by atoms with van der Waals surface area (Å²) >= 11 is 0. The minimum Gasteiger partial charge on any atom is -0.435 e. The van der Waals surface area contributed by atoms with Crippen LogP contribution in [0.1, 0.15) is 19.3 Å². The summed E-state index contributed by atoms with van der Waals surface area (Å²) in [4.78, 5) is 8.77. The van der Waals surface area contributed by atoms with Gasteiger partial charge in [0.15, 0.2) is 0 Å². The van der Waals surface area contributed by atoms with Crippen LogP contribution in [0.25, 0.3) is 17.0 Å². The van der Waals surface area contributed by atoms with E-state index in [9.17, 15) is 13.2 Å². The Balaban J connectivity index is 1.62. The monoisotopic (exact) mass is 362 g/mol. The number of alkyl halides is 3. The SMILES string of the molecule is FC(F)Oc1ccn2c(-c3cccc(N[C@H]4CCC[C@@H]4F)n3)cnc2c1. The average Bonchev–Trinajstić information content (AvgIpc) is 3.21. The highest BCUT2D eigenvalue weighted by Gasteiger charge is 2.27. The molecule has 26 heavy (non-hydrogen) atoms. The van der Waals surface area contributed by atoms with Crippen molar-refractivity contribution in [2.24, 2.45) is 0 Å². The zero-order valence-corrected chi connectivity index (χ0v) is 13.8. The lowest BCUT2D eigenvalue weighted by Gasteiger charge is -2.16. The van der Waals surface area contributed by atoms with Gasteiger partial charge in [0.2, 0.25) is 0 Å². The number of hydrogen-bond acceptors (Lipinski definition) is 4. The zero-order chi connectivity index (χ0) is 18.1. The Morgan fingerprint density at radius 3 is 2.88 bits per heavy atom. The summed E-state index contributed by atoms with van der Waals surface area (Å²) in [6.07, 6.45) is 4.59. The van der Waals surface area contributed by atoms with Crippen molar-refractivity contribution in [3.05, 3.63) is 42.7 Å². The fourth-order valence-corrected chi connectivity index (χ4v) is 3.25. The quantitative estimate of drug-likeness (QED) is 0.735. The molecule has 1 N–H and O–H groups in total. The van der Waals surface area contributed by atoms with Crippen LogP contribution < -0.4 is 10.1 Å². The molecule has 0 amide bonds. The van der Waals surface area contributed by atoms with E-state index in [0.717, 1.165) is 12.8 Å². The zero-order valence-electron chi connectivity index (χ0n) is 13.8. The van der Waals surface area contributed by atoms with E-state index in [1.807, 2.05) is 12.1 Å². The summed E-state index contributed by atoms with van der Waals surface area (Å²) in [5.41, 5.74) is 1.83. The Morgan fingerprint density at radius 1 is 1.23 bits per heavy atom. The molecule has 5 nitrogen and oxygen atoms in total. The van der Waals surface area contributed by atoms with Crippen LogP contribution in [0, 0.1) is 0 Å². The predicted molar refractivity (Wildman–Crippen MR) is 91.2 cm³/mol. The van der Waals surface area contributed by atoms with Gasteiger partial charge in [-0.15, -0.1) is 0 Å². The van der Waals surface area contributed by atoms with Crippen molar-refractivity contribution in [2.45, 2.75) is 38.1 Å². The van der Waals surface area contributed by atoms with Crippen molar-refractivity contribution in [1.29, 1.82) is 0 Å². The first-order chi connectivity index (χ1) is 12.6. The number of nitrogens with one attached hydrogen (secondary N) is 1. The number of imidazole rings is 1. The van der Waals surface area contributed by atoms with E-state index in [0.29, 0.717) is 29.3 Å². The number of halogens is 3. The smallest absolute Gasteiger partial charge is 0.387 e. The molecule has 136 valence electrons. The maximum absolute atomic E-state index is 13.8. The van der Waals surface area contributed by atoms with Crippen molar-refractivity contribution < 1.29 is 17.9 Å². The molecule has 3 heterocycles. The molecule has 0 spiro atoms. The first-order valence-corrected chi connectivity index (χ1v) is 8.40. The number of aromatic nitrogens is 3. The Kier molecular flexibility index (Phi) is 4.40. The van der Waals surface area contributed by atoms with Crippen LogP contribution in [-0.4, -0.2) is 33.2 Å². The molecule has 3 aromatic rings. The maximum atomic E-state index is 13.8. The van der Waals surface area contributed by atoms with E-state index in [2.05, 4.69) is 20.0 Å². The molecule has 8 heteroatoms. The van der Waals surface area contributed by atoms with Gasteiger partial charge < -0.3 is 10.1 Å². The lowest BCUT2D eigenvalue weighted by Crippen LogP contribution is -2.25. The molecule has 0 unspecified atom stereocenters. The van der Waals surface area contributed by atoms with Crippen molar-refractivity contribution in [2.75, 3.05) is 5.32 Å². The molecule has 1 aliphatic rings. The Hall–Kier alpha value is -2.77. The number of rotatable bonds is 5. The van der Waals surface area contributed by atoms with Crippen LogP contribution in [-0.2, 0) is 0 Å². The van der Waals surface area contributed by atoms with Gasteiger partial charge in [0, 0.05) is 12.3 Å². The molecule has 0 aromatic carbocycles. The van der Waals surface area contributed by atoms with Gasteiger partial charge in [-0.2, -0.15) is 8.78 Å². The standard InChI is InChI=1S/C18H17F3N4O/c19-12-3-1-4-13(12)23-16-6-2-5-14(24-16)15-10-22-17-9-11(26-18(20)21)7-8-25(15)17/h2,5-10,12-13,18H,1,3-4H2,(H,23,24)/t12-,13-/m0/s1. The minimum absolute atomic E-state index is 0.0447. The second kappa shape index (κ2) is 6.86. The van der Waals surface area contributed by atoms with Gasteiger partial charge in [0.05, 0.1) is 23.6 Å². The molecule has 0 saturated heterocycles. The number of nitrogens with zero attached hydrogens (tertiary/aromatic N) is 3. The summed E-state index contributed by atoms with van der Waals surface area (Å²) in [5, 5.41) is 3.15. The lowest BCUT2D eigenvalue weighted by molar-refractivity contribution is -0.0498. The Labute approximate surface area is 147 Å². The molecule has 0 bridgehead atoms. The van der Waals surface area contributed by atoms with E-state index in [-0.39, 0.29) is 11.8 Å². The van der Waals surface area contributed by atoms with Crippen LogP contribution in [0.2, 0.25) is 0 Å². The molecule has 0 aliphatic heterocycles. The van der Waals surface area contributed by atoms with Crippen molar-refractivity contribution in [1.82, 2.24) is 14.4 Å². The Bertz CT molecular complexity index is 914. The van der Waals surface area contributed by atoms with Crippen LogP contribution in [0.4, 0.5) is 19.0 Å². The van der Waals surface area contributed by atoms with Crippen LogP contribution >= 0.6 is 0 Å². The number of hydrogen-bond donors (Lipinski definition) is 1. The van der Waals surface area contributed by atoms with E-state index in [1.165, 1.54) is 12.1 Å². The normalized spacial score (nSPS) is 20.0. The fourth-order valence-electron chi connectivity index (χ4n) is 3.25. The van der Waals surface area contributed by atoms with E-state index in [1.54, 1.807) is 22.9 Å². The number of ether oxygens (including phenoxy) is 1. The van der Waals surface area contributed by atoms with E-state index in [4.69, 9.17) is 0 Å². The molecular formula is C18H17F3N4O. The summed E-state index contributed by atoms with van der Waals surface area (Å²) in [7, 11) is 0. The van der Waals surface area contributed by atoms with Crippen LogP contribution in [0.15, 0.2) is 42.7 Å². The van der Waals surface area contributed by atoms with Gasteiger partial charge >= 0.3 is 6.61 Å². The van der Waals surface area contributed by atoms with Gasteiger partial charge in [0.1, 0.15) is 23.4 Å². The Morgan fingerprint density at radius 2 is 2.12 bits per heavy atom. The van der Waals surface area contributed by atoms with Gasteiger partial charge in [-0.3, -0.25) is 4.40 Å². The second-order valence-electron chi connectivity index (χ2n) is 6.22. The van der Waals surface area contributed by atoms with E-state index < -0.39 is 12.8 Å². The molecule has 2 atom stereocenters. The van der Waals surface area contributed by atoms with Crippen LogP contribution in [0.3, 0.4) is 0 Å². The van der Waals surface area contributed by atoms with Gasteiger partial charge in [-0.25, -0.2) is 14.4 Å². The maximum Gasteiger partial charge on any atom is 0.387 e. The summed E-state index contributed by atoms with van der Waals surface area (Å²) in [5.74, 6) is 0.646. The molecule has 4 rings (SSSR count). The van der Waals surface area contributed by atoms with Gasteiger partial charge in [-0.1, -0.05) is 6.07 Å². The largest absolute Gasteiger partial charge is 0.435 e. The van der Waals surface area contributed by atoms with Crippen molar-refractivity contribution in [3.8, 4) is 17.1 Å².